The number of piperidine rings is 1. The maximum absolute atomic E-state index is 12.8. The fraction of sp³-hybridized carbons (Fsp3) is 0.579. The van der Waals surface area contributed by atoms with Gasteiger partial charge >= 0.3 is 0 Å². The summed E-state index contributed by atoms with van der Waals surface area (Å²) in [7, 11) is 0. The molecule has 1 aliphatic rings. The van der Waals surface area contributed by atoms with E-state index in [1.807, 2.05) is 36.1 Å². The van der Waals surface area contributed by atoms with Crippen LogP contribution in [-0.2, 0) is 16.1 Å². The van der Waals surface area contributed by atoms with E-state index in [4.69, 9.17) is 16.7 Å². The van der Waals surface area contributed by atoms with Gasteiger partial charge in [0.15, 0.2) is 0 Å². The molecule has 1 saturated heterocycles. The van der Waals surface area contributed by atoms with E-state index < -0.39 is 0 Å². The Balaban J connectivity index is 1.96. The summed E-state index contributed by atoms with van der Waals surface area (Å²) in [5.74, 6) is 0.0791. The van der Waals surface area contributed by atoms with Crippen molar-refractivity contribution in [3.63, 3.8) is 0 Å². The number of carbonyl (C=O) groups excluding carboxylic acids is 2. The molecule has 6 heteroatoms. The van der Waals surface area contributed by atoms with Gasteiger partial charge in [-0.1, -0.05) is 23.7 Å². The van der Waals surface area contributed by atoms with Gasteiger partial charge in [0.25, 0.3) is 0 Å². The zero-order valence-electron chi connectivity index (χ0n) is 14.8. The van der Waals surface area contributed by atoms with Crippen LogP contribution in [0.1, 0.15) is 38.2 Å². The molecular formula is C19H27ClN2O3. The minimum atomic E-state index is -0.140. The lowest BCUT2D eigenvalue weighted by molar-refractivity contribution is -0.143. The van der Waals surface area contributed by atoms with Crippen molar-refractivity contribution in [3.8, 4) is 0 Å². The van der Waals surface area contributed by atoms with Gasteiger partial charge in [0.1, 0.15) is 0 Å². The van der Waals surface area contributed by atoms with E-state index in [0.717, 1.165) is 12.0 Å². The standard InChI is InChI=1S/C19H27ClN2O3/c1-2-21(11-3-4-12-23)19(25)16-7-10-18(24)22(14-16)13-15-5-8-17(20)9-6-15/h5-6,8-9,16,23H,2-4,7,10-14H2,1H3/t16-/m1/s1. The fourth-order valence-corrected chi connectivity index (χ4v) is 3.30. The van der Waals surface area contributed by atoms with Crippen molar-refractivity contribution in [1.82, 2.24) is 9.80 Å². The number of aliphatic hydroxyl groups is 1. The Morgan fingerprint density at radius 3 is 2.68 bits per heavy atom. The molecular weight excluding hydrogens is 340 g/mol. The maximum atomic E-state index is 12.8. The predicted octanol–water partition coefficient (Wildman–Crippen LogP) is 2.70. The molecule has 138 valence electrons. The van der Waals surface area contributed by atoms with Gasteiger partial charge in [0, 0.05) is 44.2 Å². The highest BCUT2D eigenvalue weighted by molar-refractivity contribution is 6.30. The van der Waals surface area contributed by atoms with Crippen molar-refractivity contribution >= 4 is 23.4 Å². The van der Waals surface area contributed by atoms with Gasteiger partial charge in [-0.25, -0.2) is 0 Å². The quantitative estimate of drug-likeness (QED) is 0.719. The van der Waals surface area contributed by atoms with Gasteiger partial charge < -0.3 is 14.9 Å². The molecule has 2 rings (SSSR count). The fourth-order valence-electron chi connectivity index (χ4n) is 3.18. The van der Waals surface area contributed by atoms with E-state index >= 15 is 0 Å². The Hall–Kier alpha value is -1.59. The van der Waals surface area contributed by atoms with Gasteiger partial charge in [0.05, 0.1) is 5.92 Å². The number of unbranched alkanes of at least 4 members (excludes halogenated alkanes) is 1. The highest BCUT2D eigenvalue weighted by Gasteiger charge is 2.32. The molecule has 0 saturated carbocycles. The second-order valence-corrected chi connectivity index (χ2v) is 6.92. The summed E-state index contributed by atoms with van der Waals surface area (Å²) in [6, 6.07) is 7.45. The second-order valence-electron chi connectivity index (χ2n) is 6.48. The molecule has 25 heavy (non-hydrogen) atoms. The summed E-state index contributed by atoms with van der Waals surface area (Å²) in [4.78, 5) is 28.6. The van der Waals surface area contributed by atoms with Crippen LogP contribution in [0.2, 0.25) is 5.02 Å². The van der Waals surface area contributed by atoms with Crippen molar-refractivity contribution in [2.75, 3.05) is 26.2 Å². The third-order valence-corrected chi connectivity index (χ3v) is 4.92. The third kappa shape index (κ3) is 5.72. The van der Waals surface area contributed by atoms with Crippen LogP contribution in [0.5, 0.6) is 0 Å². The Bertz CT molecular complexity index is 577. The van der Waals surface area contributed by atoms with E-state index in [1.165, 1.54) is 0 Å². The minimum absolute atomic E-state index is 0.0994. The normalized spacial score (nSPS) is 17.6. The largest absolute Gasteiger partial charge is 0.396 e. The van der Waals surface area contributed by atoms with E-state index in [1.54, 1.807) is 4.90 Å². The molecule has 1 atom stereocenters. The van der Waals surface area contributed by atoms with Crippen LogP contribution in [0.15, 0.2) is 24.3 Å². The number of carbonyl (C=O) groups is 2. The van der Waals surface area contributed by atoms with Crippen LogP contribution in [0.3, 0.4) is 0 Å². The van der Waals surface area contributed by atoms with E-state index in [9.17, 15) is 9.59 Å². The second kappa shape index (κ2) is 9.78. The lowest BCUT2D eigenvalue weighted by Crippen LogP contribution is -2.47. The average molecular weight is 367 g/mol. The zero-order chi connectivity index (χ0) is 18.2. The van der Waals surface area contributed by atoms with Crippen molar-refractivity contribution in [2.24, 2.45) is 5.92 Å². The number of likely N-dealkylation sites (tertiary alicyclic amines) is 1. The monoisotopic (exact) mass is 366 g/mol. The summed E-state index contributed by atoms with van der Waals surface area (Å²) < 4.78 is 0. The molecule has 5 nitrogen and oxygen atoms in total. The Morgan fingerprint density at radius 2 is 2.04 bits per heavy atom. The lowest BCUT2D eigenvalue weighted by Gasteiger charge is -2.34. The summed E-state index contributed by atoms with van der Waals surface area (Å²) in [5, 5.41) is 9.57. The van der Waals surface area contributed by atoms with Crippen LogP contribution in [-0.4, -0.2) is 53.0 Å². The molecule has 1 aliphatic heterocycles. The van der Waals surface area contributed by atoms with E-state index in [2.05, 4.69) is 0 Å². The van der Waals surface area contributed by atoms with Gasteiger partial charge in [-0.05, 0) is 43.9 Å². The summed E-state index contributed by atoms with van der Waals surface area (Å²) >= 11 is 5.90. The van der Waals surface area contributed by atoms with Gasteiger partial charge in [0.2, 0.25) is 11.8 Å². The molecule has 1 aromatic rings. The molecule has 1 aromatic carbocycles. The maximum Gasteiger partial charge on any atom is 0.227 e. The molecule has 2 amide bonds. The average Bonchev–Trinajstić information content (AvgIpc) is 2.62. The zero-order valence-corrected chi connectivity index (χ0v) is 15.5. The first-order chi connectivity index (χ1) is 12.0. The van der Waals surface area contributed by atoms with Gasteiger partial charge in [-0.2, -0.15) is 0 Å². The molecule has 1 N–H and O–H groups in total. The smallest absolute Gasteiger partial charge is 0.227 e. The molecule has 1 fully saturated rings. The van der Waals surface area contributed by atoms with Gasteiger partial charge in [-0.3, -0.25) is 9.59 Å². The van der Waals surface area contributed by atoms with Gasteiger partial charge in [-0.15, -0.1) is 0 Å². The number of halogens is 1. The van der Waals surface area contributed by atoms with E-state index in [0.29, 0.717) is 50.5 Å². The number of hydrogen-bond donors (Lipinski definition) is 1. The topological polar surface area (TPSA) is 60.9 Å². The SMILES string of the molecule is CCN(CCCCO)C(=O)[C@@H]1CCC(=O)N(Cc2ccc(Cl)cc2)C1. The number of rotatable bonds is 8. The molecule has 0 radical (unpaired) electrons. The molecule has 0 aliphatic carbocycles. The predicted molar refractivity (Wildman–Crippen MR) is 98.2 cm³/mol. The van der Waals surface area contributed by atoms with Crippen molar-refractivity contribution in [1.29, 1.82) is 0 Å². The Morgan fingerprint density at radius 1 is 1.32 bits per heavy atom. The number of aliphatic hydroxyl groups excluding tert-OH is 1. The number of hydrogen-bond acceptors (Lipinski definition) is 3. The van der Waals surface area contributed by atoms with E-state index in [-0.39, 0.29) is 24.3 Å². The number of amides is 2. The van der Waals surface area contributed by atoms with Crippen molar-refractivity contribution in [3.05, 3.63) is 34.9 Å². The molecule has 1 heterocycles. The molecule has 0 bridgehead atoms. The van der Waals surface area contributed by atoms with Crippen LogP contribution >= 0.6 is 11.6 Å². The van der Waals surface area contributed by atoms with Crippen LogP contribution in [0, 0.1) is 5.92 Å². The number of nitrogens with zero attached hydrogens (tertiary/aromatic N) is 2. The molecule has 0 aromatic heterocycles. The van der Waals surface area contributed by atoms with Crippen molar-refractivity contribution in [2.45, 2.75) is 39.2 Å². The minimum Gasteiger partial charge on any atom is -0.396 e. The third-order valence-electron chi connectivity index (χ3n) is 4.67. The van der Waals surface area contributed by atoms with Crippen LogP contribution < -0.4 is 0 Å². The summed E-state index contributed by atoms with van der Waals surface area (Å²) in [5.41, 5.74) is 1.01. The highest BCUT2D eigenvalue weighted by atomic mass is 35.5. The Labute approximate surface area is 154 Å². The number of benzene rings is 1. The van der Waals surface area contributed by atoms with Crippen LogP contribution in [0.4, 0.5) is 0 Å². The first kappa shape index (κ1) is 19.7. The highest BCUT2D eigenvalue weighted by Crippen LogP contribution is 2.22. The first-order valence-electron chi connectivity index (χ1n) is 8.97. The van der Waals surface area contributed by atoms with Crippen molar-refractivity contribution < 1.29 is 14.7 Å². The Kier molecular flexibility index (Phi) is 7.72. The molecule has 0 spiro atoms. The summed E-state index contributed by atoms with van der Waals surface area (Å²) in [6.45, 7) is 4.42. The first-order valence-corrected chi connectivity index (χ1v) is 9.34. The summed E-state index contributed by atoms with van der Waals surface area (Å²) in [6.07, 6.45) is 2.54. The lowest BCUT2D eigenvalue weighted by atomic mass is 9.95. The van der Waals surface area contributed by atoms with Crippen LogP contribution in [0.25, 0.3) is 0 Å². The molecule has 0 unspecified atom stereocenters.